The SMILES string of the molecule is C=C/C(=C\C=N)S(=O)(=O)c1n[nH]c2ccc3nc(-c4c[nH]nc4C(F)(F)F)c(CCC)c(C)c3c12. The molecule has 0 aliphatic carbocycles. The summed E-state index contributed by atoms with van der Waals surface area (Å²) in [6.07, 6.45) is 0.571. The predicted molar refractivity (Wildman–Crippen MR) is 127 cm³/mol. The van der Waals surface area contributed by atoms with Gasteiger partial charge in [-0.15, -0.1) is 0 Å². The Hall–Kier alpha value is -3.80. The summed E-state index contributed by atoms with van der Waals surface area (Å²) in [4.78, 5) is 4.35. The van der Waals surface area contributed by atoms with Crippen LogP contribution in [-0.4, -0.2) is 40.0 Å². The second-order valence-corrected chi connectivity index (χ2v) is 9.68. The Kier molecular flexibility index (Phi) is 6.09. The van der Waals surface area contributed by atoms with E-state index >= 15 is 0 Å². The number of hydrogen-bond acceptors (Lipinski definition) is 6. The minimum atomic E-state index is -4.68. The topological polar surface area (TPSA) is 128 Å². The van der Waals surface area contributed by atoms with Crippen molar-refractivity contribution in [2.45, 2.75) is 37.9 Å². The molecule has 0 atom stereocenters. The van der Waals surface area contributed by atoms with Gasteiger partial charge in [0.2, 0.25) is 9.84 Å². The van der Waals surface area contributed by atoms with Gasteiger partial charge in [0.25, 0.3) is 0 Å². The molecule has 0 amide bonds. The van der Waals surface area contributed by atoms with Gasteiger partial charge in [-0.3, -0.25) is 10.2 Å². The lowest BCUT2D eigenvalue weighted by molar-refractivity contribution is -0.140. The monoisotopic (exact) mass is 502 g/mol. The zero-order valence-electron chi connectivity index (χ0n) is 18.8. The number of fused-ring (bicyclic) bond motifs is 3. The zero-order valence-corrected chi connectivity index (χ0v) is 19.6. The van der Waals surface area contributed by atoms with Crippen molar-refractivity contribution in [1.29, 1.82) is 5.41 Å². The number of aryl methyl sites for hydroxylation is 1. The fourth-order valence-electron chi connectivity index (χ4n) is 4.18. The lowest BCUT2D eigenvalue weighted by atomic mass is 9.93. The molecular weight excluding hydrogens is 481 g/mol. The van der Waals surface area contributed by atoms with Crippen LogP contribution in [0.4, 0.5) is 13.2 Å². The highest BCUT2D eigenvalue weighted by molar-refractivity contribution is 7.95. The van der Waals surface area contributed by atoms with E-state index in [0.717, 1.165) is 18.4 Å². The van der Waals surface area contributed by atoms with Gasteiger partial charge in [0, 0.05) is 23.2 Å². The Morgan fingerprint density at radius 2 is 1.97 bits per heavy atom. The lowest BCUT2D eigenvalue weighted by Gasteiger charge is -2.16. The van der Waals surface area contributed by atoms with Crippen LogP contribution >= 0.6 is 0 Å². The number of nitrogens with zero attached hydrogens (tertiary/aromatic N) is 3. The van der Waals surface area contributed by atoms with E-state index in [2.05, 4.69) is 32.0 Å². The molecule has 0 unspecified atom stereocenters. The fraction of sp³-hybridized carbons (Fsp3) is 0.217. The van der Waals surface area contributed by atoms with Crippen LogP contribution in [0.2, 0.25) is 0 Å². The van der Waals surface area contributed by atoms with Crippen molar-refractivity contribution in [3.05, 3.63) is 58.8 Å². The van der Waals surface area contributed by atoms with Crippen LogP contribution in [0.25, 0.3) is 33.1 Å². The van der Waals surface area contributed by atoms with Crippen molar-refractivity contribution in [2.24, 2.45) is 0 Å². The fourth-order valence-corrected chi connectivity index (χ4v) is 5.52. The van der Waals surface area contributed by atoms with Crippen molar-refractivity contribution in [1.82, 2.24) is 25.4 Å². The Morgan fingerprint density at radius 3 is 2.60 bits per heavy atom. The first kappa shape index (κ1) is 24.3. The Bertz CT molecular complexity index is 1610. The molecule has 3 N–H and O–H groups in total. The van der Waals surface area contributed by atoms with Crippen LogP contribution in [0, 0.1) is 12.3 Å². The zero-order chi connectivity index (χ0) is 25.5. The summed E-state index contributed by atoms with van der Waals surface area (Å²) < 4.78 is 67.4. The molecule has 12 heteroatoms. The van der Waals surface area contributed by atoms with Crippen LogP contribution in [0.15, 0.2) is 47.0 Å². The summed E-state index contributed by atoms with van der Waals surface area (Å²) in [6, 6.07) is 3.18. The van der Waals surface area contributed by atoms with E-state index in [1.54, 1.807) is 19.1 Å². The largest absolute Gasteiger partial charge is 0.435 e. The number of halogens is 3. The van der Waals surface area contributed by atoms with Gasteiger partial charge >= 0.3 is 6.18 Å². The summed E-state index contributed by atoms with van der Waals surface area (Å²) in [6.45, 7) is 7.14. The second kappa shape index (κ2) is 8.77. The van der Waals surface area contributed by atoms with E-state index < -0.39 is 21.7 Å². The summed E-state index contributed by atoms with van der Waals surface area (Å²) in [5.41, 5.74) is 0.793. The quantitative estimate of drug-likeness (QED) is 0.234. The van der Waals surface area contributed by atoms with E-state index in [1.807, 2.05) is 6.92 Å². The van der Waals surface area contributed by atoms with Gasteiger partial charge in [0.15, 0.2) is 10.7 Å². The predicted octanol–water partition coefficient (Wildman–Crippen LogP) is 5.27. The number of pyridine rings is 1. The van der Waals surface area contributed by atoms with Crippen molar-refractivity contribution in [3.8, 4) is 11.3 Å². The smallest absolute Gasteiger partial charge is 0.309 e. The number of rotatable bonds is 7. The van der Waals surface area contributed by atoms with Crippen LogP contribution in [0.5, 0.6) is 0 Å². The molecule has 0 radical (unpaired) electrons. The number of alkyl halides is 3. The van der Waals surface area contributed by atoms with Gasteiger partial charge in [-0.1, -0.05) is 26.0 Å². The van der Waals surface area contributed by atoms with Crippen molar-refractivity contribution < 1.29 is 21.6 Å². The Labute approximate surface area is 198 Å². The van der Waals surface area contributed by atoms with Crippen molar-refractivity contribution in [3.63, 3.8) is 0 Å². The molecule has 1 aromatic carbocycles. The van der Waals surface area contributed by atoms with Gasteiger partial charge in [-0.2, -0.15) is 23.4 Å². The van der Waals surface area contributed by atoms with Crippen LogP contribution < -0.4 is 0 Å². The Morgan fingerprint density at radius 1 is 1.23 bits per heavy atom. The number of hydrogen-bond donors (Lipinski definition) is 3. The number of benzene rings is 1. The molecule has 182 valence electrons. The third-order valence-electron chi connectivity index (χ3n) is 5.70. The first-order valence-electron chi connectivity index (χ1n) is 10.6. The first-order chi connectivity index (χ1) is 16.6. The van der Waals surface area contributed by atoms with Gasteiger partial charge in [0.05, 0.1) is 27.2 Å². The molecular formula is C23H21F3N6O2S. The summed E-state index contributed by atoms with van der Waals surface area (Å²) >= 11 is 0. The highest BCUT2D eigenvalue weighted by Crippen LogP contribution is 2.40. The summed E-state index contributed by atoms with van der Waals surface area (Å²) in [5, 5.41) is 20.2. The molecule has 0 bridgehead atoms. The normalized spacial score (nSPS) is 13.0. The average Bonchev–Trinajstić information content (AvgIpc) is 3.46. The lowest BCUT2D eigenvalue weighted by Crippen LogP contribution is -2.09. The second-order valence-electron chi connectivity index (χ2n) is 7.81. The van der Waals surface area contributed by atoms with E-state index in [9.17, 15) is 21.6 Å². The molecule has 0 aliphatic heterocycles. The molecule has 0 saturated carbocycles. The maximum absolute atomic E-state index is 13.6. The number of nitrogens with one attached hydrogen (secondary N) is 3. The standard InChI is InChI=1S/C23H21F3N6O2S/c1-4-6-14-12(3)18-16(29-20(14)15-11-28-31-21(15)23(24,25)26)7-8-17-19(18)22(32-30-17)35(33,34)13(5-2)9-10-27/h5,7-11,27H,2,4,6H2,1,3H3,(H,28,31)(H,30,32)/b13-9+,27-10?. The average molecular weight is 503 g/mol. The van der Waals surface area contributed by atoms with Crippen LogP contribution in [-0.2, 0) is 22.4 Å². The molecule has 4 aromatic rings. The van der Waals surface area contributed by atoms with E-state index in [0.29, 0.717) is 40.4 Å². The van der Waals surface area contributed by atoms with Gasteiger partial charge < -0.3 is 5.41 Å². The summed E-state index contributed by atoms with van der Waals surface area (Å²) in [5.74, 6) is 0. The molecule has 3 heterocycles. The molecule has 8 nitrogen and oxygen atoms in total. The first-order valence-corrected chi connectivity index (χ1v) is 12.0. The maximum Gasteiger partial charge on any atom is 0.435 e. The minimum Gasteiger partial charge on any atom is -0.309 e. The molecule has 0 fully saturated rings. The Balaban J connectivity index is 2.12. The van der Waals surface area contributed by atoms with Gasteiger partial charge in [0.1, 0.15) is 0 Å². The number of aromatic amines is 2. The number of aromatic nitrogens is 5. The van der Waals surface area contributed by atoms with E-state index in [-0.39, 0.29) is 26.6 Å². The third-order valence-corrected chi connectivity index (χ3v) is 7.43. The summed E-state index contributed by atoms with van der Waals surface area (Å²) in [7, 11) is -4.15. The number of allylic oxidation sites excluding steroid dienone is 2. The highest BCUT2D eigenvalue weighted by Gasteiger charge is 2.38. The van der Waals surface area contributed by atoms with E-state index in [4.69, 9.17) is 5.41 Å². The molecule has 0 spiro atoms. The minimum absolute atomic E-state index is 0.139. The third kappa shape index (κ3) is 3.93. The van der Waals surface area contributed by atoms with Crippen LogP contribution in [0.1, 0.15) is 30.2 Å². The van der Waals surface area contributed by atoms with Crippen molar-refractivity contribution >= 4 is 37.9 Å². The van der Waals surface area contributed by atoms with Gasteiger partial charge in [-0.25, -0.2) is 13.4 Å². The van der Waals surface area contributed by atoms with E-state index in [1.165, 1.54) is 6.20 Å². The number of sulfone groups is 1. The van der Waals surface area contributed by atoms with Crippen LogP contribution in [0.3, 0.4) is 0 Å². The van der Waals surface area contributed by atoms with Crippen molar-refractivity contribution in [2.75, 3.05) is 0 Å². The number of H-pyrrole nitrogens is 2. The molecule has 35 heavy (non-hydrogen) atoms. The van der Waals surface area contributed by atoms with Gasteiger partial charge in [-0.05, 0) is 42.7 Å². The molecule has 0 aliphatic rings. The maximum atomic E-state index is 13.6. The molecule has 3 aromatic heterocycles. The molecule has 4 rings (SSSR count). The molecule has 0 saturated heterocycles. The highest BCUT2D eigenvalue weighted by atomic mass is 32.2.